The molecular weight excluding hydrogens is 697 g/mol. The molecule has 4 aromatic rings. The Kier molecular flexibility index (Phi) is 12.1. The molecule has 0 aliphatic carbocycles. The highest BCUT2D eigenvalue weighted by Gasteiger charge is 2.34. The van der Waals surface area contributed by atoms with Gasteiger partial charge in [0, 0.05) is 24.0 Å². The summed E-state index contributed by atoms with van der Waals surface area (Å²) < 4.78 is 30.0. The van der Waals surface area contributed by atoms with Gasteiger partial charge in [0.1, 0.15) is 12.6 Å². The first-order valence-corrected chi connectivity index (χ1v) is 17.3. The molecule has 0 bridgehead atoms. The quantitative estimate of drug-likeness (QED) is 0.156. The summed E-state index contributed by atoms with van der Waals surface area (Å²) in [4.78, 5) is 29.8. The minimum absolute atomic E-state index is 0.00107. The molecule has 0 saturated heterocycles. The highest BCUT2D eigenvalue weighted by molar-refractivity contribution is 9.10. The molecule has 236 valence electrons. The van der Waals surface area contributed by atoms with Crippen LogP contribution >= 0.6 is 39.1 Å². The van der Waals surface area contributed by atoms with Crippen LogP contribution in [-0.2, 0) is 32.6 Å². The van der Waals surface area contributed by atoms with Crippen LogP contribution in [0, 0.1) is 5.92 Å². The van der Waals surface area contributed by atoms with E-state index in [1.165, 1.54) is 35.2 Å². The summed E-state index contributed by atoms with van der Waals surface area (Å²) in [7, 11) is -4.24. The minimum Gasteiger partial charge on any atom is -0.354 e. The minimum atomic E-state index is -4.24. The molecule has 0 aromatic heterocycles. The van der Waals surface area contributed by atoms with E-state index in [1.54, 1.807) is 18.2 Å². The summed E-state index contributed by atoms with van der Waals surface area (Å²) >= 11 is 15.9. The molecule has 45 heavy (non-hydrogen) atoms. The highest BCUT2D eigenvalue weighted by Crippen LogP contribution is 2.31. The first-order valence-electron chi connectivity index (χ1n) is 14.3. The predicted molar refractivity (Wildman–Crippen MR) is 184 cm³/mol. The van der Waals surface area contributed by atoms with Crippen LogP contribution in [0.5, 0.6) is 0 Å². The lowest BCUT2D eigenvalue weighted by Gasteiger charge is -2.34. The molecular formula is C34H34BrCl2N3O4S. The fourth-order valence-corrected chi connectivity index (χ4v) is 6.64. The van der Waals surface area contributed by atoms with Crippen LogP contribution in [0.25, 0.3) is 0 Å². The Morgan fingerprint density at radius 3 is 2.04 bits per heavy atom. The first kappa shape index (κ1) is 34.5. The highest BCUT2D eigenvalue weighted by atomic mass is 79.9. The van der Waals surface area contributed by atoms with Crippen molar-refractivity contribution >= 4 is 66.7 Å². The lowest BCUT2D eigenvalue weighted by molar-refractivity contribution is -0.140. The van der Waals surface area contributed by atoms with E-state index in [1.807, 2.05) is 68.4 Å². The van der Waals surface area contributed by atoms with E-state index in [0.717, 1.165) is 19.9 Å². The SMILES string of the molecule is CC(C)CNC(=O)C(Cc1ccccc1)N(Cc1ccc(Br)cc1)C(=O)CN(c1ccc(Cl)c(Cl)c1)S(=O)(=O)c1ccccc1. The molecule has 0 radical (unpaired) electrons. The normalized spacial score (nSPS) is 12.0. The van der Waals surface area contributed by atoms with Crippen LogP contribution in [0.3, 0.4) is 0 Å². The summed E-state index contributed by atoms with van der Waals surface area (Å²) in [6.07, 6.45) is 0.227. The van der Waals surface area contributed by atoms with Gasteiger partial charge >= 0.3 is 0 Å². The average molecular weight is 732 g/mol. The van der Waals surface area contributed by atoms with E-state index in [4.69, 9.17) is 23.2 Å². The van der Waals surface area contributed by atoms with Gasteiger partial charge in [-0.25, -0.2) is 8.42 Å². The fraction of sp³-hybridized carbons (Fsp3) is 0.235. The molecule has 4 aromatic carbocycles. The van der Waals surface area contributed by atoms with Gasteiger partial charge in [-0.15, -0.1) is 0 Å². The molecule has 4 rings (SSSR count). The van der Waals surface area contributed by atoms with Crippen molar-refractivity contribution in [3.63, 3.8) is 0 Å². The summed E-state index contributed by atoms with van der Waals surface area (Å²) in [5.74, 6) is -0.711. The molecule has 0 fully saturated rings. The first-order chi connectivity index (χ1) is 21.5. The third kappa shape index (κ3) is 9.33. The van der Waals surface area contributed by atoms with Gasteiger partial charge in [-0.3, -0.25) is 13.9 Å². The molecule has 1 atom stereocenters. The summed E-state index contributed by atoms with van der Waals surface area (Å²) in [6.45, 7) is 3.87. The average Bonchev–Trinajstić information content (AvgIpc) is 3.03. The van der Waals surface area contributed by atoms with Gasteiger partial charge in [0.2, 0.25) is 11.8 Å². The number of carbonyl (C=O) groups is 2. The third-order valence-corrected chi connectivity index (χ3v) is 10.1. The number of rotatable bonds is 13. The number of hydrogen-bond acceptors (Lipinski definition) is 4. The third-order valence-electron chi connectivity index (χ3n) is 7.02. The standard InChI is InChI=1S/C34H34BrCl2N3O4S/c1-24(2)21-38-34(42)32(19-25-9-5-3-6-10-25)39(22-26-13-15-27(35)16-14-26)33(41)23-40(28-17-18-30(36)31(37)20-28)45(43,44)29-11-7-4-8-12-29/h3-18,20,24,32H,19,21-23H2,1-2H3,(H,38,42). The van der Waals surface area contributed by atoms with Crippen molar-refractivity contribution in [1.29, 1.82) is 0 Å². The second kappa shape index (κ2) is 15.8. The number of amides is 2. The van der Waals surface area contributed by atoms with Gasteiger partial charge in [-0.1, -0.05) is 114 Å². The van der Waals surface area contributed by atoms with Gasteiger partial charge in [0.25, 0.3) is 10.0 Å². The van der Waals surface area contributed by atoms with Gasteiger partial charge in [0.15, 0.2) is 0 Å². The Morgan fingerprint density at radius 2 is 1.44 bits per heavy atom. The van der Waals surface area contributed by atoms with Gasteiger partial charge in [-0.2, -0.15) is 0 Å². The molecule has 1 N–H and O–H groups in total. The van der Waals surface area contributed by atoms with Crippen LogP contribution in [0.4, 0.5) is 5.69 Å². The topological polar surface area (TPSA) is 86.8 Å². The zero-order valence-electron chi connectivity index (χ0n) is 24.9. The molecule has 0 heterocycles. The lowest BCUT2D eigenvalue weighted by Crippen LogP contribution is -2.53. The van der Waals surface area contributed by atoms with Crippen molar-refractivity contribution in [1.82, 2.24) is 10.2 Å². The zero-order valence-corrected chi connectivity index (χ0v) is 28.8. The zero-order chi connectivity index (χ0) is 32.6. The second-order valence-corrected chi connectivity index (χ2v) is 14.5. The number of carbonyl (C=O) groups excluding carboxylic acids is 2. The van der Waals surface area contributed by atoms with Crippen LogP contribution in [0.15, 0.2) is 112 Å². The number of nitrogens with zero attached hydrogens (tertiary/aromatic N) is 2. The Labute approximate surface area is 283 Å². The maximum atomic E-state index is 14.5. The van der Waals surface area contributed by atoms with E-state index in [-0.39, 0.29) is 45.4 Å². The van der Waals surface area contributed by atoms with E-state index in [9.17, 15) is 18.0 Å². The maximum absolute atomic E-state index is 14.5. The molecule has 0 spiro atoms. The number of halogens is 3. The Hall–Kier alpha value is -3.37. The number of hydrogen-bond donors (Lipinski definition) is 1. The molecule has 7 nitrogen and oxygen atoms in total. The van der Waals surface area contributed by atoms with E-state index < -0.39 is 28.5 Å². The number of sulfonamides is 1. The van der Waals surface area contributed by atoms with Gasteiger partial charge in [0.05, 0.1) is 20.6 Å². The largest absolute Gasteiger partial charge is 0.354 e. The number of anilines is 1. The van der Waals surface area contributed by atoms with Crippen LogP contribution in [-0.4, -0.2) is 44.3 Å². The van der Waals surface area contributed by atoms with Gasteiger partial charge in [-0.05, 0) is 59.5 Å². The van der Waals surface area contributed by atoms with E-state index >= 15 is 0 Å². The van der Waals surface area contributed by atoms with Crippen molar-refractivity contribution in [3.05, 3.63) is 129 Å². The summed E-state index contributed by atoms with van der Waals surface area (Å²) in [6, 6.07) is 28.1. The second-order valence-electron chi connectivity index (χ2n) is 10.9. The molecule has 0 aliphatic rings. The smallest absolute Gasteiger partial charge is 0.264 e. The van der Waals surface area contributed by atoms with Crippen molar-refractivity contribution in [2.75, 3.05) is 17.4 Å². The predicted octanol–water partition coefficient (Wildman–Crippen LogP) is 7.36. The van der Waals surface area contributed by atoms with Crippen LogP contribution in [0.1, 0.15) is 25.0 Å². The Bertz CT molecular complexity index is 1710. The Morgan fingerprint density at radius 1 is 0.822 bits per heavy atom. The fourth-order valence-electron chi connectivity index (χ4n) is 4.65. The Balaban J connectivity index is 1.80. The molecule has 2 amide bonds. The van der Waals surface area contributed by atoms with Crippen molar-refractivity contribution in [2.24, 2.45) is 5.92 Å². The van der Waals surface area contributed by atoms with Crippen molar-refractivity contribution < 1.29 is 18.0 Å². The van der Waals surface area contributed by atoms with Gasteiger partial charge < -0.3 is 10.2 Å². The number of benzene rings is 4. The van der Waals surface area contributed by atoms with Crippen LogP contribution < -0.4 is 9.62 Å². The van der Waals surface area contributed by atoms with Crippen molar-refractivity contribution in [3.8, 4) is 0 Å². The van der Waals surface area contributed by atoms with E-state index in [0.29, 0.717) is 6.54 Å². The molecule has 1 unspecified atom stereocenters. The number of nitrogens with one attached hydrogen (secondary N) is 1. The maximum Gasteiger partial charge on any atom is 0.264 e. The van der Waals surface area contributed by atoms with E-state index in [2.05, 4.69) is 21.2 Å². The molecule has 0 saturated carbocycles. The lowest BCUT2D eigenvalue weighted by atomic mass is 10.0. The monoisotopic (exact) mass is 729 g/mol. The van der Waals surface area contributed by atoms with Crippen LogP contribution in [0.2, 0.25) is 10.0 Å². The summed E-state index contributed by atoms with van der Waals surface area (Å²) in [5, 5.41) is 3.36. The molecule has 0 aliphatic heterocycles. The molecule has 11 heteroatoms. The summed E-state index contributed by atoms with van der Waals surface area (Å²) in [5.41, 5.74) is 1.79. The van der Waals surface area contributed by atoms with Crippen molar-refractivity contribution in [2.45, 2.75) is 37.8 Å².